The van der Waals surface area contributed by atoms with Crippen LogP contribution in [-0.4, -0.2) is 61.6 Å². The first-order chi connectivity index (χ1) is 28.0. The van der Waals surface area contributed by atoms with Crippen LogP contribution in [0.5, 0.6) is 23.0 Å². The van der Waals surface area contributed by atoms with Crippen LogP contribution in [0.15, 0.2) is 87.7 Å². The van der Waals surface area contributed by atoms with Crippen molar-refractivity contribution >= 4 is 70.2 Å². The Morgan fingerprint density at radius 1 is 0.383 bits per heavy atom. The number of rotatable bonds is 12. The summed E-state index contributed by atoms with van der Waals surface area (Å²) in [5.74, 6) is 2.48. The topological polar surface area (TPSA) is 77.4 Å². The molecule has 1 aliphatic rings. The van der Waals surface area contributed by atoms with Gasteiger partial charge in [0.1, 0.15) is 36.2 Å². The summed E-state index contributed by atoms with van der Waals surface area (Å²) in [6, 6.07) is 17.1. The molecule has 4 aromatic carbocycles. The molecule has 2 N–H and O–H groups in total. The minimum absolute atomic E-state index is 0.182. The van der Waals surface area contributed by atoms with Crippen molar-refractivity contribution in [3.05, 3.63) is 70.8 Å². The molecule has 0 spiro atoms. The Kier molecular flexibility index (Phi) is 16.5. The van der Waals surface area contributed by atoms with E-state index in [1.807, 2.05) is 0 Å². The second kappa shape index (κ2) is 20.2. The van der Waals surface area contributed by atoms with Crippen molar-refractivity contribution in [2.24, 2.45) is 0 Å². The summed E-state index contributed by atoms with van der Waals surface area (Å²) >= 11 is 17.8. The van der Waals surface area contributed by atoms with Gasteiger partial charge in [-0.15, -0.1) is 23.2 Å². The maximum Gasteiger partial charge on any atom is 0.147 e. The van der Waals surface area contributed by atoms with Crippen molar-refractivity contribution < 1.29 is 29.2 Å². The summed E-state index contributed by atoms with van der Waals surface area (Å²) < 4.78 is 24.9. The molecule has 0 aromatic heterocycles. The molecule has 0 fully saturated rings. The maximum absolute atomic E-state index is 12.4. The second-order valence-electron chi connectivity index (χ2n) is 19.0. The normalized spacial score (nSPS) is 13.7. The molecule has 0 aliphatic carbocycles. The van der Waals surface area contributed by atoms with E-state index < -0.39 is 0 Å². The molecule has 328 valence electrons. The van der Waals surface area contributed by atoms with Gasteiger partial charge in [0.05, 0.1) is 65.6 Å². The average Bonchev–Trinajstić information content (AvgIpc) is 3.13. The number of hydrogen-bond donors (Lipinski definition) is 2. The fraction of sp³-hybridized carbons (Fsp3) is 0.500. The summed E-state index contributed by atoms with van der Waals surface area (Å²) in [7, 11) is 0. The van der Waals surface area contributed by atoms with Crippen LogP contribution in [0.3, 0.4) is 0 Å². The van der Waals surface area contributed by atoms with Gasteiger partial charge in [0.2, 0.25) is 0 Å². The van der Waals surface area contributed by atoms with Gasteiger partial charge in [-0.05, 0) is 92.4 Å². The first-order valence-electron chi connectivity index (χ1n) is 20.4. The summed E-state index contributed by atoms with van der Waals surface area (Å²) in [6.07, 6.45) is 0. The first kappa shape index (κ1) is 49.0. The van der Waals surface area contributed by atoms with Crippen LogP contribution in [0.2, 0.25) is 0 Å². The molecule has 12 heteroatoms. The third-order valence-electron chi connectivity index (χ3n) is 9.86. The number of phenolic OH excluding ortho intramolecular Hbond substituents is 2. The minimum atomic E-state index is -0.231. The van der Waals surface area contributed by atoms with Crippen molar-refractivity contribution in [2.45, 2.75) is 144 Å². The Morgan fingerprint density at radius 2 is 0.617 bits per heavy atom. The number of benzene rings is 4. The smallest absolute Gasteiger partial charge is 0.147 e. The van der Waals surface area contributed by atoms with E-state index in [4.69, 9.17) is 42.1 Å². The van der Waals surface area contributed by atoms with Gasteiger partial charge < -0.3 is 29.2 Å². The van der Waals surface area contributed by atoms with Crippen LogP contribution in [0.25, 0.3) is 0 Å². The maximum atomic E-state index is 12.4. The third kappa shape index (κ3) is 12.6. The van der Waals surface area contributed by atoms with E-state index in [0.29, 0.717) is 82.5 Å². The standard InChI is InChI=1S/C48H62Cl2O6S4/c1-45(2,3)29-21-33-41(51)34(22-29)58-38-26-32(48(10,11)12)28-40(44(38)56-20-18-54-16-14-50)60-36-24-30(46(4,5)6)23-35(42(36)52)59-39-27-31(47(7,8)9)25-37(57-33)43(39)55-19-17-53-15-13-49/h21-28,51-52H,13-20H2,1-12H3. The van der Waals surface area contributed by atoms with Crippen LogP contribution >= 0.6 is 70.2 Å². The lowest BCUT2D eigenvalue weighted by atomic mass is 9.87. The van der Waals surface area contributed by atoms with Crippen molar-refractivity contribution in [3.63, 3.8) is 0 Å². The zero-order valence-corrected chi connectivity index (χ0v) is 42.0. The number of phenols is 2. The number of aromatic hydroxyl groups is 2. The van der Waals surface area contributed by atoms with E-state index in [1.54, 1.807) is 0 Å². The van der Waals surface area contributed by atoms with Crippen LogP contribution in [0, 0.1) is 0 Å². The fourth-order valence-corrected chi connectivity index (χ4v) is 10.9. The van der Waals surface area contributed by atoms with Gasteiger partial charge in [-0.25, -0.2) is 0 Å². The van der Waals surface area contributed by atoms with Crippen LogP contribution in [0.4, 0.5) is 0 Å². The molecular formula is C48H62Cl2O6S4. The highest BCUT2D eigenvalue weighted by Gasteiger charge is 2.29. The highest BCUT2D eigenvalue weighted by Crippen LogP contribution is 2.56. The predicted octanol–water partition coefficient (Wildman–Crippen LogP) is 14.5. The van der Waals surface area contributed by atoms with Crippen LogP contribution in [-0.2, 0) is 31.1 Å². The molecule has 60 heavy (non-hydrogen) atoms. The SMILES string of the molecule is CC(C)(C)c1cc2c(O)c(c1)Sc1cc(C(C)(C)C)cc(c1OCCOCCCl)Sc1cc(C(C)(C)C)cc(c1O)Sc1cc(C(C)(C)C)cc(c1OCCOCCCl)S2. The monoisotopic (exact) mass is 932 g/mol. The molecule has 6 nitrogen and oxygen atoms in total. The Labute approximate surface area is 385 Å². The number of ether oxygens (including phenoxy) is 4. The lowest BCUT2D eigenvalue weighted by Gasteiger charge is -2.27. The molecule has 1 aliphatic heterocycles. The summed E-state index contributed by atoms with van der Waals surface area (Å²) in [6.45, 7) is 28.5. The van der Waals surface area contributed by atoms with E-state index in [0.717, 1.165) is 41.8 Å². The lowest BCUT2D eigenvalue weighted by Crippen LogP contribution is -2.14. The average molecular weight is 934 g/mol. The zero-order valence-electron chi connectivity index (χ0n) is 37.2. The predicted molar refractivity (Wildman–Crippen MR) is 254 cm³/mol. The van der Waals surface area contributed by atoms with Gasteiger partial charge >= 0.3 is 0 Å². The number of alkyl halides is 2. The molecule has 0 unspecified atom stereocenters. The van der Waals surface area contributed by atoms with Crippen molar-refractivity contribution in [2.75, 3.05) is 51.4 Å². The fourth-order valence-electron chi connectivity index (χ4n) is 6.14. The Hall–Kier alpha value is -2.02. The lowest BCUT2D eigenvalue weighted by molar-refractivity contribution is 0.109. The zero-order chi connectivity index (χ0) is 44.2. The largest absolute Gasteiger partial charge is 0.506 e. The van der Waals surface area contributed by atoms with Crippen LogP contribution < -0.4 is 9.47 Å². The third-order valence-corrected chi connectivity index (χ3v) is 14.4. The number of fused-ring (bicyclic) bond motifs is 8. The van der Waals surface area contributed by atoms with E-state index >= 15 is 0 Å². The minimum Gasteiger partial charge on any atom is -0.506 e. The van der Waals surface area contributed by atoms with Crippen molar-refractivity contribution in [1.29, 1.82) is 0 Å². The quantitative estimate of drug-likeness (QED) is 0.0933. The van der Waals surface area contributed by atoms with E-state index in [1.165, 1.54) is 47.0 Å². The highest BCUT2D eigenvalue weighted by atomic mass is 35.5. The molecule has 0 radical (unpaired) electrons. The van der Waals surface area contributed by atoms with Gasteiger partial charge in [-0.2, -0.15) is 0 Å². The van der Waals surface area contributed by atoms with E-state index in [9.17, 15) is 10.2 Å². The molecule has 4 aromatic rings. The van der Waals surface area contributed by atoms with Crippen molar-refractivity contribution in [3.8, 4) is 23.0 Å². The molecule has 0 atom stereocenters. The molecule has 0 saturated heterocycles. The van der Waals surface area contributed by atoms with Crippen molar-refractivity contribution in [1.82, 2.24) is 0 Å². The van der Waals surface area contributed by atoms with Gasteiger partial charge in [0.25, 0.3) is 0 Å². The first-order valence-corrected chi connectivity index (χ1v) is 24.7. The van der Waals surface area contributed by atoms with Gasteiger partial charge in [0.15, 0.2) is 0 Å². The van der Waals surface area contributed by atoms with E-state index in [2.05, 4.69) is 132 Å². The summed E-state index contributed by atoms with van der Waals surface area (Å²) in [5.41, 5.74) is 3.45. The Balaban J connectivity index is 1.88. The Morgan fingerprint density at radius 3 is 0.833 bits per heavy atom. The van der Waals surface area contributed by atoms with Gasteiger partial charge in [-0.3, -0.25) is 0 Å². The molecule has 1 heterocycles. The van der Waals surface area contributed by atoms with Gasteiger partial charge in [0, 0.05) is 11.8 Å². The molecule has 5 rings (SSSR count). The second-order valence-corrected chi connectivity index (χ2v) is 24.0. The highest BCUT2D eigenvalue weighted by molar-refractivity contribution is 8.01. The Bertz CT molecular complexity index is 1880. The molecule has 0 amide bonds. The van der Waals surface area contributed by atoms with Crippen LogP contribution in [0.1, 0.15) is 105 Å². The number of halogens is 2. The van der Waals surface area contributed by atoms with E-state index in [-0.39, 0.29) is 33.2 Å². The summed E-state index contributed by atoms with van der Waals surface area (Å²) in [4.78, 5) is 6.25. The summed E-state index contributed by atoms with van der Waals surface area (Å²) in [5, 5.41) is 24.8. The molecule has 8 bridgehead atoms. The molecular weight excluding hydrogens is 872 g/mol. The van der Waals surface area contributed by atoms with Gasteiger partial charge in [-0.1, -0.05) is 130 Å². The number of hydrogen-bond acceptors (Lipinski definition) is 10. The molecule has 0 saturated carbocycles.